The number of hydrogen-bond acceptors (Lipinski definition) is 1. The standard InChI is InChI=1S/C10H12O.C8H10/c1-8-4-5-10-9(7-8)3-2-6-11-10;1-7-4-3-5-8(2)6-7/h4-5,7H,2-3,6H2,1H3;3-6H,1-2H3. The minimum Gasteiger partial charge on any atom is -0.493 e. The Balaban J connectivity index is 0.000000148. The van der Waals surface area contributed by atoms with Gasteiger partial charge in [-0.15, -0.1) is 0 Å². The summed E-state index contributed by atoms with van der Waals surface area (Å²) in [5.41, 5.74) is 5.38. The summed E-state index contributed by atoms with van der Waals surface area (Å²) >= 11 is 0. The topological polar surface area (TPSA) is 9.23 Å². The Kier molecular flexibility index (Phi) is 4.62. The maximum atomic E-state index is 5.48. The molecule has 1 aliphatic rings. The summed E-state index contributed by atoms with van der Waals surface area (Å²) in [6, 6.07) is 14.8. The molecule has 0 spiro atoms. The van der Waals surface area contributed by atoms with Crippen LogP contribution in [0.3, 0.4) is 0 Å². The highest BCUT2D eigenvalue weighted by Crippen LogP contribution is 2.24. The van der Waals surface area contributed by atoms with Crippen LogP contribution in [0.2, 0.25) is 0 Å². The SMILES string of the molecule is Cc1ccc2c(c1)CCCO2.Cc1cccc(C)c1. The van der Waals surface area contributed by atoms with Crippen LogP contribution in [0.4, 0.5) is 0 Å². The minimum absolute atomic E-state index is 0.885. The van der Waals surface area contributed by atoms with Crippen molar-refractivity contribution in [3.63, 3.8) is 0 Å². The van der Waals surface area contributed by atoms with Gasteiger partial charge >= 0.3 is 0 Å². The largest absolute Gasteiger partial charge is 0.493 e. The van der Waals surface area contributed by atoms with Crippen LogP contribution >= 0.6 is 0 Å². The van der Waals surface area contributed by atoms with Crippen LogP contribution in [-0.4, -0.2) is 6.61 Å². The molecule has 0 saturated carbocycles. The Labute approximate surface area is 116 Å². The average Bonchev–Trinajstić information content (AvgIpc) is 2.39. The maximum absolute atomic E-state index is 5.48. The Hall–Kier alpha value is -1.76. The van der Waals surface area contributed by atoms with Gasteiger partial charge in [-0.1, -0.05) is 53.1 Å². The normalized spacial score (nSPS) is 12.8. The predicted molar refractivity (Wildman–Crippen MR) is 80.9 cm³/mol. The van der Waals surface area contributed by atoms with Gasteiger partial charge in [0.05, 0.1) is 6.61 Å². The van der Waals surface area contributed by atoms with E-state index in [9.17, 15) is 0 Å². The number of fused-ring (bicyclic) bond motifs is 1. The average molecular weight is 254 g/mol. The predicted octanol–water partition coefficient (Wildman–Crippen LogP) is 4.62. The van der Waals surface area contributed by atoms with Gasteiger partial charge in [-0.2, -0.15) is 0 Å². The number of ether oxygens (including phenoxy) is 1. The van der Waals surface area contributed by atoms with E-state index >= 15 is 0 Å². The molecule has 0 unspecified atom stereocenters. The summed E-state index contributed by atoms with van der Waals surface area (Å²) in [6.07, 6.45) is 2.34. The van der Waals surface area contributed by atoms with Crippen molar-refractivity contribution in [3.05, 3.63) is 64.7 Å². The lowest BCUT2D eigenvalue weighted by molar-refractivity contribution is 0.288. The van der Waals surface area contributed by atoms with Gasteiger partial charge < -0.3 is 4.74 Å². The van der Waals surface area contributed by atoms with Gasteiger partial charge in [-0.25, -0.2) is 0 Å². The molecule has 0 fully saturated rings. The molecule has 0 atom stereocenters. The lowest BCUT2D eigenvalue weighted by atomic mass is 10.0. The zero-order chi connectivity index (χ0) is 13.7. The fourth-order valence-electron chi connectivity index (χ4n) is 2.30. The molecule has 2 aromatic rings. The van der Waals surface area contributed by atoms with Crippen molar-refractivity contribution < 1.29 is 4.74 Å². The van der Waals surface area contributed by atoms with Gasteiger partial charge in [-0.3, -0.25) is 0 Å². The van der Waals surface area contributed by atoms with E-state index in [-0.39, 0.29) is 0 Å². The molecule has 0 aliphatic carbocycles. The summed E-state index contributed by atoms with van der Waals surface area (Å²) in [5, 5.41) is 0. The molecule has 0 N–H and O–H groups in total. The highest BCUT2D eigenvalue weighted by atomic mass is 16.5. The molecule has 0 radical (unpaired) electrons. The lowest BCUT2D eigenvalue weighted by Gasteiger charge is -2.16. The summed E-state index contributed by atoms with van der Waals surface area (Å²) in [7, 11) is 0. The van der Waals surface area contributed by atoms with Gasteiger partial charge in [0.1, 0.15) is 5.75 Å². The molecular formula is C18H22O. The smallest absolute Gasteiger partial charge is 0.122 e. The number of rotatable bonds is 0. The number of benzene rings is 2. The fraction of sp³-hybridized carbons (Fsp3) is 0.333. The van der Waals surface area contributed by atoms with E-state index in [4.69, 9.17) is 4.74 Å². The van der Waals surface area contributed by atoms with Gasteiger partial charge in [0, 0.05) is 0 Å². The second kappa shape index (κ2) is 6.42. The van der Waals surface area contributed by atoms with Gasteiger partial charge in [0.15, 0.2) is 0 Å². The Morgan fingerprint density at radius 1 is 0.842 bits per heavy atom. The summed E-state index contributed by atoms with van der Waals surface area (Å²) < 4.78 is 5.48. The second-order valence-electron chi connectivity index (χ2n) is 5.22. The van der Waals surface area contributed by atoms with Gasteiger partial charge in [0.25, 0.3) is 0 Å². The van der Waals surface area contributed by atoms with Gasteiger partial charge in [-0.05, 0) is 45.2 Å². The molecule has 19 heavy (non-hydrogen) atoms. The zero-order valence-corrected chi connectivity index (χ0v) is 12.1. The highest BCUT2D eigenvalue weighted by molar-refractivity contribution is 5.37. The molecule has 1 heteroatoms. The molecule has 2 aromatic carbocycles. The van der Waals surface area contributed by atoms with Crippen molar-refractivity contribution in [2.24, 2.45) is 0 Å². The molecule has 0 amide bonds. The van der Waals surface area contributed by atoms with Crippen molar-refractivity contribution in [1.29, 1.82) is 0 Å². The van der Waals surface area contributed by atoms with E-state index in [1.165, 1.54) is 28.7 Å². The zero-order valence-electron chi connectivity index (χ0n) is 12.1. The molecular weight excluding hydrogens is 232 g/mol. The Morgan fingerprint density at radius 3 is 2.16 bits per heavy atom. The van der Waals surface area contributed by atoms with Crippen LogP contribution in [0.5, 0.6) is 5.75 Å². The van der Waals surface area contributed by atoms with Crippen molar-refractivity contribution >= 4 is 0 Å². The lowest BCUT2D eigenvalue weighted by Crippen LogP contribution is -2.07. The van der Waals surface area contributed by atoms with Gasteiger partial charge in [0.2, 0.25) is 0 Å². The van der Waals surface area contributed by atoms with E-state index in [2.05, 4.69) is 63.2 Å². The Bertz CT molecular complexity index is 526. The molecule has 0 saturated heterocycles. The van der Waals surface area contributed by atoms with Crippen LogP contribution in [0.25, 0.3) is 0 Å². The molecule has 100 valence electrons. The van der Waals surface area contributed by atoms with Crippen LogP contribution in [0.1, 0.15) is 28.7 Å². The van der Waals surface area contributed by atoms with Crippen molar-refractivity contribution in [2.45, 2.75) is 33.6 Å². The van der Waals surface area contributed by atoms with E-state index in [0.29, 0.717) is 0 Å². The van der Waals surface area contributed by atoms with E-state index in [0.717, 1.165) is 18.8 Å². The molecule has 0 bridgehead atoms. The van der Waals surface area contributed by atoms with Crippen LogP contribution in [0.15, 0.2) is 42.5 Å². The van der Waals surface area contributed by atoms with Crippen molar-refractivity contribution in [1.82, 2.24) is 0 Å². The minimum atomic E-state index is 0.885. The van der Waals surface area contributed by atoms with Crippen molar-refractivity contribution in [3.8, 4) is 5.75 Å². The van der Waals surface area contributed by atoms with E-state index < -0.39 is 0 Å². The molecule has 3 rings (SSSR count). The Morgan fingerprint density at radius 2 is 1.53 bits per heavy atom. The molecule has 1 heterocycles. The maximum Gasteiger partial charge on any atom is 0.122 e. The third-order valence-corrected chi connectivity index (χ3v) is 3.24. The summed E-state index contributed by atoms with van der Waals surface area (Å²) in [4.78, 5) is 0. The number of aryl methyl sites for hydroxylation is 4. The first-order chi connectivity index (χ1) is 9.15. The first-order valence-corrected chi connectivity index (χ1v) is 6.91. The molecule has 0 aromatic heterocycles. The third kappa shape index (κ3) is 4.13. The summed E-state index contributed by atoms with van der Waals surface area (Å²) in [5.74, 6) is 1.09. The summed E-state index contributed by atoms with van der Waals surface area (Å²) in [6.45, 7) is 7.21. The second-order valence-corrected chi connectivity index (χ2v) is 5.22. The molecule has 1 aliphatic heterocycles. The van der Waals surface area contributed by atoms with Crippen LogP contribution in [0, 0.1) is 20.8 Å². The fourth-order valence-corrected chi connectivity index (χ4v) is 2.30. The first-order valence-electron chi connectivity index (χ1n) is 6.91. The quantitative estimate of drug-likeness (QED) is 0.666. The highest BCUT2D eigenvalue weighted by Gasteiger charge is 2.08. The first kappa shape index (κ1) is 13.7. The van der Waals surface area contributed by atoms with Crippen molar-refractivity contribution in [2.75, 3.05) is 6.61 Å². The van der Waals surface area contributed by atoms with E-state index in [1.807, 2.05) is 0 Å². The monoisotopic (exact) mass is 254 g/mol. The van der Waals surface area contributed by atoms with Crippen LogP contribution in [-0.2, 0) is 6.42 Å². The van der Waals surface area contributed by atoms with E-state index in [1.54, 1.807) is 0 Å². The molecule has 1 nitrogen and oxygen atoms in total. The van der Waals surface area contributed by atoms with Crippen LogP contribution < -0.4 is 4.74 Å². The third-order valence-electron chi connectivity index (χ3n) is 3.24. The number of hydrogen-bond donors (Lipinski definition) is 0.